The lowest BCUT2D eigenvalue weighted by atomic mass is 9.86. The van der Waals surface area contributed by atoms with Crippen LogP contribution in [-0.2, 0) is 11.3 Å². The van der Waals surface area contributed by atoms with Crippen LogP contribution in [0.25, 0.3) is 10.2 Å². The molecule has 2 saturated carbocycles. The number of quaternary nitrogens is 1. The van der Waals surface area contributed by atoms with Crippen molar-refractivity contribution in [2.45, 2.75) is 38.6 Å². The Labute approximate surface area is 159 Å². The zero-order valence-electron chi connectivity index (χ0n) is 15.3. The first-order valence-electron chi connectivity index (χ1n) is 10.2. The Morgan fingerprint density at radius 1 is 1.19 bits per heavy atom. The Morgan fingerprint density at radius 2 is 2.04 bits per heavy atom. The van der Waals surface area contributed by atoms with Gasteiger partial charge >= 0.3 is 0 Å². The third-order valence-electron chi connectivity index (χ3n) is 6.88. The second kappa shape index (κ2) is 6.93. The number of thiazole rings is 1. The monoisotopic (exact) mass is 370 g/mol. The summed E-state index contributed by atoms with van der Waals surface area (Å²) >= 11 is 1.81. The first kappa shape index (κ1) is 16.7. The average Bonchev–Trinajstić information content (AvgIpc) is 3.36. The second-order valence-corrected chi connectivity index (χ2v) is 9.64. The van der Waals surface area contributed by atoms with Crippen molar-refractivity contribution in [2.75, 3.05) is 26.2 Å². The molecule has 138 valence electrons. The van der Waals surface area contributed by atoms with Gasteiger partial charge in [-0.15, -0.1) is 11.3 Å². The molecule has 3 atom stereocenters. The molecule has 2 aliphatic carbocycles. The number of carbonyl (C=O) groups excluding carboxylic acids is 1. The number of hydrogen-bond acceptors (Lipinski definition) is 3. The van der Waals surface area contributed by atoms with Crippen molar-refractivity contribution in [2.24, 2.45) is 17.8 Å². The van der Waals surface area contributed by atoms with Gasteiger partial charge in [0.2, 0.25) is 5.91 Å². The summed E-state index contributed by atoms with van der Waals surface area (Å²) in [5.74, 6) is 2.90. The maximum absolute atomic E-state index is 12.7. The Morgan fingerprint density at radius 3 is 2.77 bits per heavy atom. The van der Waals surface area contributed by atoms with Gasteiger partial charge < -0.3 is 9.80 Å². The van der Waals surface area contributed by atoms with Crippen LogP contribution < -0.4 is 4.90 Å². The van der Waals surface area contributed by atoms with E-state index in [2.05, 4.69) is 29.2 Å². The van der Waals surface area contributed by atoms with Crippen molar-refractivity contribution in [3.8, 4) is 0 Å². The number of fused-ring (bicyclic) bond motifs is 3. The fourth-order valence-corrected chi connectivity index (χ4v) is 6.48. The number of para-hydroxylation sites is 1. The molecule has 3 aliphatic rings. The molecule has 5 heteroatoms. The Balaban J connectivity index is 1.13. The average molecular weight is 371 g/mol. The summed E-state index contributed by atoms with van der Waals surface area (Å²) in [6.45, 7) is 4.93. The largest absolute Gasteiger partial charge is 0.331 e. The van der Waals surface area contributed by atoms with Gasteiger partial charge in [-0.1, -0.05) is 18.6 Å². The van der Waals surface area contributed by atoms with Gasteiger partial charge in [0.1, 0.15) is 11.6 Å². The fraction of sp³-hybridized carbons (Fsp3) is 0.619. The minimum atomic E-state index is 0.418. The van der Waals surface area contributed by atoms with Crippen molar-refractivity contribution in [1.82, 2.24) is 9.88 Å². The van der Waals surface area contributed by atoms with Gasteiger partial charge in [0.15, 0.2) is 0 Å². The SMILES string of the molecule is O=C(C[C@@H]1C[C@H]2CC[C@@H]1C2)N1CC[NH+](Cc2nc3ccccc3s2)CC1. The van der Waals surface area contributed by atoms with Crippen molar-refractivity contribution < 1.29 is 9.69 Å². The first-order chi connectivity index (χ1) is 12.7. The Hall–Kier alpha value is -1.46. The highest BCUT2D eigenvalue weighted by molar-refractivity contribution is 7.18. The lowest BCUT2D eigenvalue weighted by molar-refractivity contribution is -0.917. The van der Waals surface area contributed by atoms with Gasteiger partial charge in [-0.05, 0) is 49.1 Å². The van der Waals surface area contributed by atoms with Crippen LogP contribution >= 0.6 is 11.3 Å². The smallest absolute Gasteiger partial charge is 0.223 e. The van der Waals surface area contributed by atoms with Crippen LogP contribution in [0.3, 0.4) is 0 Å². The molecule has 1 aromatic carbocycles. The zero-order chi connectivity index (χ0) is 17.5. The molecule has 0 spiro atoms. The molecule has 3 fully saturated rings. The van der Waals surface area contributed by atoms with Crippen LogP contribution in [0.15, 0.2) is 24.3 Å². The Kier molecular flexibility index (Phi) is 4.45. The molecule has 2 heterocycles. The molecule has 1 amide bonds. The third-order valence-corrected chi connectivity index (χ3v) is 7.92. The van der Waals surface area contributed by atoms with E-state index in [0.29, 0.717) is 11.8 Å². The highest BCUT2D eigenvalue weighted by Gasteiger charge is 2.40. The second-order valence-electron chi connectivity index (χ2n) is 8.52. The number of amides is 1. The quantitative estimate of drug-likeness (QED) is 0.897. The molecule has 26 heavy (non-hydrogen) atoms. The van der Waals surface area contributed by atoms with Gasteiger partial charge in [0, 0.05) is 6.42 Å². The molecule has 1 aromatic heterocycles. The summed E-state index contributed by atoms with van der Waals surface area (Å²) in [6.07, 6.45) is 6.33. The van der Waals surface area contributed by atoms with Gasteiger partial charge in [0.05, 0.1) is 36.4 Å². The summed E-state index contributed by atoms with van der Waals surface area (Å²) in [4.78, 5) is 21.2. The number of nitrogens with zero attached hydrogens (tertiary/aromatic N) is 2. The molecule has 1 aliphatic heterocycles. The Bertz CT molecular complexity index is 762. The van der Waals surface area contributed by atoms with Crippen molar-refractivity contribution in [1.29, 1.82) is 0 Å². The highest BCUT2D eigenvalue weighted by atomic mass is 32.1. The molecule has 0 radical (unpaired) electrons. The predicted octanol–water partition coefficient (Wildman–Crippen LogP) is 2.35. The fourth-order valence-electron chi connectivity index (χ4n) is 5.44. The van der Waals surface area contributed by atoms with E-state index in [1.165, 1.54) is 35.4 Å². The summed E-state index contributed by atoms with van der Waals surface area (Å²) in [5, 5.41) is 1.22. The molecule has 2 aromatic rings. The van der Waals surface area contributed by atoms with E-state index in [-0.39, 0.29) is 0 Å². The van der Waals surface area contributed by atoms with E-state index < -0.39 is 0 Å². The predicted molar refractivity (Wildman–Crippen MR) is 104 cm³/mol. The standard InChI is InChI=1S/C21H27N3OS/c25-21(13-17-12-15-5-6-16(17)11-15)24-9-7-23(8-10-24)14-20-22-18-3-1-2-4-19(18)26-20/h1-4,15-17H,5-14H2/p+1/t15-,16+,17-/m0/s1. The van der Waals surface area contributed by atoms with Crippen LogP contribution in [0.2, 0.25) is 0 Å². The molecular weight excluding hydrogens is 342 g/mol. The van der Waals surface area contributed by atoms with Crippen LogP contribution in [-0.4, -0.2) is 42.0 Å². The summed E-state index contributed by atoms with van der Waals surface area (Å²) in [5.41, 5.74) is 1.12. The lowest BCUT2D eigenvalue weighted by Gasteiger charge is -2.33. The minimum absolute atomic E-state index is 0.418. The summed E-state index contributed by atoms with van der Waals surface area (Å²) < 4.78 is 1.28. The van der Waals surface area contributed by atoms with Gasteiger partial charge in [-0.3, -0.25) is 4.79 Å². The van der Waals surface area contributed by atoms with E-state index in [9.17, 15) is 4.79 Å². The molecule has 1 saturated heterocycles. The number of carbonyl (C=O) groups is 1. The topological polar surface area (TPSA) is 37.6 Å². The molecule has 4 nitrogen and oxygen atoms in total. The number of hydrogen-bond donors (Lipinski definition) is 1. The van der Waals surface area contributed by atoms with Crippen molar-refractivity contribution >= 4 is 27.5 Å². The maximum atomic E-state index is 12.7. The lowest BCUT2D eigenvalue weighted by Crippen LogP contribution is -3.13. The molecule has 1 N–H and O–H groups in total. The van der Waals surface area contributed by atoms with Crippen LogP contribution in [0.5, 0.6) is 0 Å². The van der Waals surface area contributed by atoms with E-state index in [0.717, 1.165) is 56.5 Å². The zero-order valence-corrected chi connectivity index (χ0v) is 16.1. The van der Waals surface area contributed by atoms with Crippen LogP contribution in [0.4, 0.5) is 0 Å². The van der Waals surface area contributed by atoms with E-state index in [1.807, 2.05) is 11.3 Å². The van der Waals surface area contributed by atoms with Gasteiger partial charge in [0.25, 0.3) is 0 Å². The summed E-state index contributed by atoms with van der Waals surface area (Å²) in [6, 6.07) is 8.38. The first-order valence-corrected chi connectivity index (χ1v) is 11.0. The van der Waals surface area contributed by atoms with E-state index in [1.54, 1.807) is 4.90 Å². The number of benzene rings is 1. The normalized spacial score (nSPS) is 28.9. The number of piperazine rings is 1. The van der Waals surface area contributed by atoms with E-state index in [4.69, 9.17) is 4.98 Å². The number of nitrogens with one attached hydrogen (secondary N) is 1. The number of rotatable bonds is 4. The van der Waals surface area contributed by atoms with Gasteiger partial charge in [-0.2, -0.15) is 0 Å². The van der Waals surface area contributed by atoms with Crippen molar-refractivity contribution in [3.63, 3.8) is 0 Å². The minimum Gasteiger partial charge on any atom is -0.331 e. The van der Waals surface area contributed by atoms with E-state index >= 15 is 0 Å². The van der Waals surface area contributed by atoms with Gasteiger partial charge in [-0.25, -0.2) is 4.98 Å². The molecule has 0 unspecified atom stereocenters. The molecule has 2 bridgehead atoms. The molecular formula is C21H28N3OS+. The highest BCUT2D eigenvalue weighted by Crippen LogP contribution is 2.49. The maximum Gasteiger partial charge on any atom is 0.223 e. The summed E-state index contributed by atoms with van der Waals surface area (Å²) in [7, 11) is 0. The number of aromatic nitrogens is 1. The molecule has 5 rings (SSSR count). The van der Waals surface area contributed by atoms with Crippen LogP contribution in [0, 0.1) is 17.8 Å². The third kappa shape index (κ3) is 3.27. The van der Waals surface area contributed by atoms with Crippen LogP contribution in [0.1, 0.15) is 37.1 Å². The van der Waals surface area contributed by atoms with Crippen molar-refractivity contribution in [3.05, 3.63) is 29.3 Å².